The van der Waals surface area contributed by atoms with Gasteiger partial charge in [-0.15, -0.1) is 0 Å². The van der Waals surface area contributed by atoms with Crippen LogP contribution in [0.4, 0.5) is 28.4 Å². The molecule has 8 aromatic heterocycles. The first-order valence-electron chi connectivity index (χ1n) is 48.0. The van der Waals surface area contributed by atoms with Crippen LogP contribution in [0.2, 0.25) is 0 Å². The highest BCUT2D eigenvalue weighted by molar-refractivity contribution is 6.12. The van der Waals surface area contributed by atoms with Gasteiger partial charge >= 0.3 is 0 Å². The zero-order valence-electron chi connectivity index (χ0n) is 83.1. The number of pyridine rings is 4. The summed E-state index contributed by atoms with van der Waals surface area (Å²) in [5, 5.41) is 9.14. The minimum absolute atomic E-state index is 0.0876. The molecule has 13 nitrogen and oxygen atoms in total. The summed E-state index contributed by atoms with van der Waals surface area (Å²) in [7, 11) is 0. The van der Waals surface area contributed by atoms with E-state index in [9.17, 15) is 0 Å². The van der Waals surface area contributed by atoms with Crippen LogP contribution in [-0.4, -0.2) is 77.8 Å². The van der Waals surface area contributed by atoms with E-state index in [0.717, 1.165) is 113 Å². The highest BCUT2D eigenvalue weighted by Crippen LogP contribution is 2.61. The van der Waals surface area contributed by atoms with Crippen molar-refractivity contribution < 1.29 is 24.5 Å². The lowest BCUT2D eigenvalue weighted by Crippen LogP contribution is -2.44. The quantitative estimate of drug-likeness (QED) is 0.163. The Morgan fingerprint density at radius 3 is 0.959 bits per heavy atom. The molecule has 5 saturated heterocycles. The van der Waals surface area contributed by atoms with E-state index in [0.29, 0.717) is 35.0 Å². The molecule has 6 unspecified atom stereocenters. The lowest BCUT2D eigenvalue weighted by Gasteiger charge is -2.41. The molecule has 642 valence electrons. The van der Waals surface area contributed by atoms with Crippen LogP contribution in [0, 0.1) is 75.5 Å². The average molecular weight is 1630 g/mol. The Hall–Kier alpha value is -9.10. The summed E-state index contributed by atoms with van der Waals surface area (Å²) < 4.78 is 66.5. The number of para-hydroxylation sites is 1. The maximum absolute atomic E-state index is 8.64. The molecule has 13 aromatic rings. The lowest BCUT2D eigenvalue weighted by atomic mass is 9.68. The first-order valence-corrected chi connectivity index (χ1v) is 45.5. The molecule has 0 N–H and O–H groups in total. The summed E-state index contributed by atoms with van der Waals surface area (Å²) in [5.74, 6) is 0. The van der Waals surface area contributed by atoms with E-state index >= 15 is 0 Å². The van der Waals surface area contributed by atoms with Crippen LogP contribution in [0.3, 0.4) is 0 Å². The van der Waals surface area contributed by atoms with E-state index in [1.54, 1.807) is 27.0 Å². The number of rotatable bonds is 5. The van der Waals surface area contributed by atoms with Gasteiger partial charge < -0.3 is 42.2 Å². The van der Waals surface area contributed by atoms with Crippen molar-refractivity contribution in [2.24, 2.45) is 27.1 Å². The van der Waals surface area contributed by atoms with E-state index < -0.39 is 30.2 Å². The number of furan rings is 4. The Bertz CT molecular complexity index is 6320. The number of hydrogen-bond donors (Lipinski definition) is 0. The third-order valence-electron chi connectivity index (χ3n) is 30.8. The predicted octanol–water partition coefficient (Wildman–Crippen LogP) is 29.6. The second-order valence-electron chi connectivity index (χ2n) is 42.8. The van der Waals surface area contributed by atoms with Crippen LogP contribution in [0.15, 0.2) is 151 Å². The second kappa shape index (κ2) is 30.4. The number of fused-ring (bicyclic) bond motifs is 12. The summed E-state index contributed by atoms with van der Waals surface area (Å²) in [5.41, 5.74) is 20.5. The molecule has 6 atom stereocenters. The van der Waals surface area contributed by atoms with Crippen LogP contribution in [0.1, 0.15) is 288 Å². The molecule has 20 rings (SSSR count). The molecular weight excluding hydrogens is 1490 g/mol. The van der Waals surface area contributed by atoms with Gasteiger partial charge in [-0.3, -0.25) is 0 Å². The number of aryl methyl sites for hydroxylation is 7. The maximum atomic E-state index is 8.64. The molecule has 2 spiro atoms. The highest BCUT2D eigenvalue weighted by Gasteiger charge is 2.58. The molecule has 7 fully saturated rings. The van der Waals surface area contributed by atoms with Crippen LogP contribution >= 0.6 is 0 Å². The normalized spacial score (nSPS) is 25.6. The Balaban J connectivity index is 0.000000116. The van der Waals surface area contributed by atoms with Gasteiger partial charge in [0.1, 0.15) is 0 Å². The first kappa shape index (κ1) is 79.1. The van der Waals surface area contributed by atoms with Gasteiger partial charge in [-0.2, -0.15) is 0 Å². The van der Waals surface area contributed by atoms with Crippen LogP contribution in [0.5, 0.6) is 0 Å². The van der Waals surface area contributed by atoms with Gasteiger partial charge in [0.05, 0.1) is 22.7 Å². The van der Waals surface area contributed by atoms with Gasteiger partial charge in [0.2, 0.25) is 22.9 Å². The Morgan fingerprint density at radius 2 is 0.628 bits per heavy atom. The zero-order chi connectivity index (χ0) is 91.1. The van der Waals surface area contributed by atoms with Crippen molar-refractivity contribution in [1.29, 1.82) is 0 Å². The third-order valence-corrected chi connectivity index (χ3v) is 30.8. The Kier molecular flexibility index (Phi) is 19.9. The molecule has 0 bridgehead atoms. The minimum Gasteiger partial charge on any atom is -0.436 e. The molecular formula is C108H141N9O4. The van der Waals surface area contributed by atoms with Crippen molar-refractivity contribution >= 4 is 117 Å². The summed E-state index contributed by atoms with van der Waals surface area (Å²) in [6.45, 7) is 57.6. The maximum Gasteiger partial charge on any atom is 0.227 e. The fourth-order valence-corrected chi connectivity index (χ4v) is 25.3. The number of anilines is 5. The van der Waals surface area contributed by atoms with E-state index in [-0.39, 0.29) is 33.0 Å². The van der Waals surface area contributed by atoms with E-state index in [2.05, 4.69) is 263 Å². The molecule has 5 aromatic carbocycles. The molecule has 7 aliphatic rings. The number of benzene rings is 5. The van der Waals surface area contributed by atoms with E-state index in [1.165, 1.54) is 133 Å². The third kappa shape index (κ3) is 14.6. The summed E-state index contributed by atoms with van der Waals surface area (Å²) in [4.78, 5) is 30.7. The number of aromatic nitrogens is 4. The average Bonchev–Trinajstić information content (AvgIpc) is 1.58. The van der Waals surface area contributed by atoms with Crippen molar-refractivity contribution in [1.82, 2.24) is 19.9 Å². The Labute approximate surface area is 729 Å². The number of nitrogens with zero attached hydrogens (tertiary/aromatic N) is 9. The summed E-state index contributed by atoms with van der Waals surface area (Å²) in [6.07, 6.45) is 20.4. The second-order valence-corrected chi connectivity index (χ2v) is 42.8. The van der Waals surface area contributed by atoms with Crippen molar-refractivity contribution in [2.75, 3.05) is 24.5 Å². The largest absolute Gasteiger partial charge is 0.436 e. The monoisotopic (exact) mass is 1630 g/mol. The lowest BCUT2D eigenvalue weighted by molar-refractivity contribution is 0.170. The summed E-state index contributed by atoms with van der Waals surface area (Å²) in [6, 6.07) is 43.6. The van der Waals surface area contributed by atoms with Crippen LogP contribution < -0.4 is 24.5 Å². The topological polar surface area (TPSA) is 120 Å². The molecule has 13 heterocycles. The van der Waals surface area contributed by atoms with Gasteiger partial charge in [-0.1, -0.05) is 147 Å². The van der Waals surface area contributed by atoms with Crippen molar-refractivity contribution in [3.05, 3.63) is 173 Å². The highest BCUT2D eigenvalue weighted by atomic mass is 16.4. The molecule has 5 aliphatic heterocycles. The van der Waals surface area contributed by atoms with Gasteiger partial charge in [-0.25, -0.2) is 19.9 Å². The van der Waals surface area contributed by atoms with Crippen molar-refractivity contribution in [3.8, 4) is 0 Å². The standard InChI is InChI=1S/C25H32N2O.C24H30N2O.C22H28N2O.C21H26N2O.C16H25N/c1-16-9-11-19-20-12-10-17(2)26-23(20)28-22(19)21(16)27-18(3)25(15-24(27,4)5)13-7-6-8-14-25;1-16-10-11-18-19-9-8-14-25-22(19)27-21(18)20(16)26-17(2)24(15-23(26,3)4)12-6-5-7-13-24;1-13-8-10-16-17-11-9-14(2)23-20(17)25-19(16)18(13)24-15(3)21(4,5)12-22(24,6)7;1-13-9-10-15-16-8-7-11-22-19(16)24-18(15)17(13)23-14(2)20(3,4)12-21(23,5)6;1-12-9-7-8-10-14(12)17-13(2)15(3,4)11-16(17,5)6/h9-12,18H,6-8,13-15H2,1-5H3;8-11,14,17H,5-7,12-13,15H2,1-4H3;8-11,15H,12H2,1-7H3;7-11,14H,12H2,1-6H3;7-10,13H,11H2,1-6H3/i;;;;3D3,11D2. The molecule has 13 heteroatoms. The van der Waals surface area contributed by atoms with Crippen molar-refractivity contribution in [3.63, 3.8) is 0 Å². The van der Waals surface area contributed by atoms with E-state index in [1.807, 2.05) is 75.2 Å². The SMILES string of the molecule is Cc1ccc2c(n1)oc1c(N3C(C)C(C)(C)CC3(C)C)c(C)ccc12.Cc1ccc2c(n1)oc1c(N3C(C)C4(CCCCC4)CC3(C)C)c(C)ccc12.Cc1ccc2c(oc3ncccc32)c1N1C(C)C(C)(C)CC1(C)C.Cc1ccc2c(oc3ncccc32)c1N1C(C)C2(CCCCC2)CC1(C)C.[2H]C([2H])([2H])C1(C)C(C)N(c2ccccc2C)C(C)(C)C1([2H])[2H]. The first-order chi connectivity index (χ1) is 58.9. The van der Waals surface area contributed by atoms with Gasteiger partial charge in [0, 0.05) is 137 Å². The zero-order valence-corrected chi connectivity index (χ0v) is 78.1. The van der Waals surface area contributed by atoms with Crippen molar-refractivity contribution in [2.45, 2.75) is 348 Å². The molecule has 0 radical (unpaired) electrons. The van der Waals surface area contributed by atoms with Gasteiger partial charge in [0.15, 0.2) is 22.3 Å². The molecule has 2 aliphatic carbocycles. The van der Waals surface area contributed by atoms with Crippen LogP contribution in [0.25, 0.3) is 88.3 Å². The summed E-state index contributed by atoms with van der Waals surface area (Å²) >= 11 is 0. The van der Waals surface area contributed by atoms with Crippen LogP contribution in [-0.2, 0) is 0 Å². The van der Waals surface area contributed by atoms with Gasteiger partial charge in [-0.05, 0) is 320 Å². The predicted molar refractivity (Wildman–Crippen MR) is 511 cm³/mol. The van der Waals surface area contributed by atoms with E-state index in [4.69, 9.17) is 24.5 Å². The fraction of sp³-hybridized carbons (Fsp3) is 0.537. The minimum atomic E-state index is -2.38. The molecule has 2 saturated carbocycles. The smallest absolute Gasteiger partial charge is 0.227 e. The number of hydrogen-bond acceptors (Lipinski definition) is 13. The van der Waals surface area contributed by atoms with Gasteiger partial charge in [0.25, 0.3) is 0 Å². The fourth-order valence-electron chi connectivity index (χ4n) is 25.3. The molecule has 0 amide bonds. The Morgan fingerprint density at radius 1 is 0.314 bits per heavy atom. The molecule has 121 heavy (non-hydrogen) atoms.